The van der Waals surface area contributed by atoms with Crippen molar-refractivity contribution in [1.82, 2.24) is 15.3 Å². The van der Waals surface area contributed by atoms with E-state index < -0.39 is 0 Å². The van der Waals surface area contributed by atoms with Gasteiger partial charge in [-0.25, -0.2) is 4.98 Å². The lowest BCUT2D eigenvalue weighted by Gasteiger charge is -2.14. The topological polar surface area (TPSA) is 40.7 Å². The van der Waals surface area contributed by atoms with Gasteiger partial charge in [-0.2, -0.15) is 0 Å². The molecule has 18 heavy (non-hydrogen) atoms. The standard InChI is InChI=1S/C15H21N3/c1-2-4-8-12(7-3-1)16-11-15-17-13-9-5-6-10-14(13)18-15/h5-6,9-10,12,16H,1-4,7-8,11H2,(H,17,18). The summed E-state index contributed by atoms with van der Waals surface area (Å²) in [5.74, 6) is 1.06. The number of H-pyrrole nitrogens is 1. The highest BCUT2D eigenvalue weighted by molar-refractivity contribution is 5.74. The molecule has 0 saturated heterocycles. The van der Waals surface area contributed by atoms with E-state index in [1.807, 2.05) is 12.1 Å². The van der Waals surface area contributed by atoms with E-state index >= 15 is 0 Å². The van der Waals surface area contributed by atoms with E-state index in [4.69, 9.17) is 0 Å². The third kappa shape index (κ3) is 2.72. The predicted octanol–water partition coefficient (Wildman–Crippen LogP) is 3.38. The summed E-state index contributed by atoms with van der Waals surface area (Å²) in [5, 5.41) is 3.65. The van der Waals surface area contributed by atoms with Crippen LogP contribution in [0.1, 0.15) is 44.3 Å². The van der Waals surface area contributed by atoms with Gasteiger partial charge in [0.25, 0.3) is 0 Å². The molecule has 1 aromatic carbocycles. The first kappa shape index (κ1) is 11.7. The molecule has 0 bridgehead atoms. The number of hydrogen-bond donors (Lipinski definition) is 2. The Balaban J connectivity index is 1.61. The Kier molecular flexibility index (Phi) is 3.60. The van der Waals surface area contributed by atoms with Crippen LogP contribution < -0.4 is 5.32 Å². The van der Waals surface area contributed by atoms with E-state index in [1.165, 1.54) is 38.5 Å². The Morgan fingerprint density at radius 2 is 1.89 bits per heavy atom. The first-order chi connectivity index (χ1) is 8.92. The Bertz CT molecular complexity index is 462. The first-order valence-electron chi connectivity index (χ1n) is 7.09. The average Bonchev–Trinajstić information content (AvgIpc) is 2.63. The molecule has 1 saturated carbocycles. The van der Waals surface area contributed by atoms with Crippen molar-refractivity contribution in [3.63, 3.8) is 0 Å². The molecule has 0 aliphatic heterocycles. The maximum absolute atomic E-state index is 4.60. The van der Waals surface area contributed by atoms with E-state index in [1.54, 1.807) is 0 Å². The highest BCUT2D eigenvalue weighted by atomic mass is 15.0. The second-order valence-corrected chi connectivity index (χ2v) is 5.27. The fourth-order valence-corrected chi connectivity index (χ4v) is 2.81. The predicted molar refractivity (Wildman–Crippen MR) is 74.4 cm³/mol. The lowest BCUT2D eigenvalue weighted by Crippen LogP contribution is -2.28. The van der Waals surface area contributed by atoms with Gasteiger partial charge in [-0.1, -0.05) is 37.8 Å². The van der Waals surface area contributed by atoms with E-state index in [-0.39, 0.29) is 0 Å². The van der Waals surface area contributed by atoms with Gasteiger partial charge in [0.15, 0.2) is 0 Å². The maximum Gasteiger partial charge on any atom is 0.121 e. The number of aromatic amines is 1. The second-order valence-electron chi connectivity index (χ2n) is 5.27. The zero-order valence-electron chi connectivity index (χ0n) is 10.8. The summed E-state index contributed by atoms with van der Waals surface area (Å²) in [4.78, 5) is 7.98. The van der Waals surface area contributed by atoms with Crippen molar-refractivity contribution < 1.29 is 0 Å². The first-order valence-corrected chi connectivity index (χ1v) is 7.09. The number of aromatic nitrogens is 2. The molecule has 3 nitrogen and oxygen atoms in total. The van der Waals surface area contributed by atoms with E-state index in [0.717, 1.165) is 23.4 Å². The van der Waals surface area contributed by atoms with Crippen molar-refractivity contribution in [3.8, 4) is 0 Å². The van der Waals surface area contributed by atoms with Crippen LogP contribution in [0.3, 0.4) is 0 Å². The van der Waals surface area contributed by atoms with Gasteiger partial charge in [0.05, 0.1) is 17.6 Å². The minimum absolute atomic E-state index is 0.681. The van der Waals surface area contributed by atoms with Crippen LogP contribution in [0.5, 0.6) is 0 Å². The van der Waals surface area contributed by atoms with Crippen LogP contribution >= 0.6 is 0 Å². The minimum Gasteiger partial charge on any atom is -0.341 e. The Morgan fingerprint density at radius 1 is 1.11 bits per heavy atom. The van der Waals surface area contributed by atoms with Gasteiger partial charge in [-0.05, 0) is 25.0 Å². The molecule has 0 amide bonds. The van der Waals surface area contributed by atoms with Gasteiger partial charge in [-0.15, -0.1) is 0 Å². The summed E-state index contributed by atoms with van der Waals surface area (Å²) in [7, 11) is 0. The number of benzene rings is 1. The van der Waals surface area contributed by atoms with Gasteiger partial charge in [0, 0.05) is 6.04 Å². The summed E-state index contributed by atoms with van der Waals surface area (Å²) < 4.78 is 0. The lowest BCUT2D eigenvalue weighted by atomic mass is 10.1. The minimum atomic E-state index is 0.681. The molecule has 0 radical (unpaired) electrons. The van der Waals surface area contributed by atoms with Gasteiger partial charge >= 0.3 is 0 Å². The molecular weight excluding hydrogens is 222 g/mol. The Labute approximate surface area is 108 Å². The fourth-order valence-electron chi connectivity index (χ4n) is 2.81. The van der Waals surface area contributed by atoms with E-state index in [0.29, 0.717) is 6.04 Å². The van der Waals surface area contributed by atoms with Gasteiger partial charge in [0.1, 0.15) is 5.82 Å². The SMILES string of the molecule is c1ccc2[nH]c(CNC3CCCCCC3)nc2c1. The summed E-state index contributed by atoms with van der Waals surface area (Å²) >= 11 is 0. The highest BCUT2D eigenvalue weighted by Gasteiger charge is 2.12. The highest BCUT2D eigenvalue weighted by Crippen LogP contribution is 2.17. The number of para-hydroxylation sites is 2. The molecule has 96 valence electrons. The summed E-state index contributed by atoms with van der Waals surface area (Å²) in [6, 6.07) is 8.90. The molecule has 1 fully saturated rings. The van der Waals surface area contributed by atoms with Crippen molar-refractivity contribution in [2.45, 2.75) is 51.1 Å². The number of nitrogens with one attached hydrogen (secondary N) is 2. The zero-order chi connectivity index (χ0) is 12.2. The van der Waals surface area contributed by atoms with Gasteiger partial charge in [0.2, 0.25) is 0 Å². The zero-order valence-corrected chi connectivity index (χ0v) is 10.8. The second kappa shape index (κ2) is 5.53. The monoisotopic (exact) mass is 243 g/mol. The number of hydrogen-bond acceptors (Lipinski definition) is 2. The molecule has 3 rings (SSSR count). The molecule has 0 atom stereocenters. The Hall–Kier alpha value is -1.35. The molecule has 0 unspecified atom stereocenters. The van der Waals surface area contributed by atoms with Gasteiger partial charge in [-0.3, -0.25) is 0 Å². The van der Waals surface area contributed by atoms with Crippen LogP contribution in [0.25, 0.3) is 11.0 Å². The van der Waals surface area contributed by atoms with Crippen molar-refractivity contribution in [2.75, 3.05) is 0 Å². The number of imidazole rings is 1. The molecule has 1 aliphatic rings. The summed E-state index contributed by atoms with van der Waals surface area (Å²) in [6.07, 6.45) is 8.20. The van der Waals surface area contributed by atoms with E-state index in [9.17, 15) is 0 Å². The molecule has 1 heterocycles. The summed E-state index contributed by atoms with van der Waals surface area (Å²) in [5.41, 5.74) is 2.20. The van der Waals surface area contributed by atoms with Crippen LogP contribution in [0, 0.1) is 0 Å². The molecule has 0 spiro atoms. The number of fused-ring (bicyclic) bond motifs is 1. The van der Waals surface area contributed by atoms with Crippen LogP contribution in [-0.2, 0) is 6.54 Å². The molecule has 2 aromatic rings. The normalized spacial score (nSPS) is 18.0. The third-order valence-electron chi connectivity index (χ3n) is 3.85. The molecule has 3 heteroatoms. The maximum atomic E-state index is 4.60. The lowest BCUT2D eigenvalue weighted by molar-refractivity contribution is 0.454. The number of rotatable bonds is 3. The molecule has 1 aliphatic carbocycles. The third-order valence-corrected chi connectivity index (χ3v) is 3.85. The van der Waals surface area contributed by atoms with Crippen LogP contribution in [-0.4, -0.2) is 16.0 Å². The largest absolute Gasteiger partial charge is 0.341 e. The molecule has 2 N–H and O–H groups in total. The van der Waals surface area contributed by atoms with Crippen molar-refractivity contribution in [3.05, 3.63) is 30.1 Å². The smallest absolute Gasteiger partial charge is 0.121 e. The average molecular weight is 243 g/mol. The Morgan fingerprint density at radius 3 is 2.67 bits per heavy atom. The van der Waals surface area contributed by atoms with Crippen molar-refractivity contribution in [1.29, 1.82) is 0 Å². The van der Waals surface area contributed by atoms with E-state index in [2.05, 4.69) is 27.4 Å². The van der Waals surface area contributed by atoms with Crippen molar-refractivity contribution >= 4 is 11.0 Å². The van der Waals surface area contributed by atoms with Crippen molar-refractivity contribution in [2.24, 2.45) is 0 Å². The van der Waals surface area contributed by atoms with Crippen LogP contribution in [0.15, 0.2) is 24.3 Å². The molecule has 1 aromatic heterocycles. The number of nitrogens with zero attached hydrogens (tertiary/aromatic N) is 1. The quantitative estimate of drug-likeness (QED) is 0.811. The fraction of sp³-hybridized carbons (Fsp3) is 0.533. The summed E-state index contributed by atoms with van der Waals surface area (Å²) in [6.45, 7) is 0.860. The van der Waals surface area contributed by atoms with Gasteiger partial charge < -0.3 is 10.3 Å². The van der Waals surface area contributed by atoms with Crippen LogP contribution in [0.4, 0.5) is 0 Å². The molecular formula is C15H21N3. The van der Waals surface area contributed by atoms with Crippen LogP contribution in [0.2, 0.25) is 0 Å².